The van der Waals surface area contributed by atoms with Gasteiger partial charge in [-0.15, -0.1) is 0 Å². The van der Waals surface area contributed by atoms with Crippen LogP contribution in [0.1, 0.15) is 5.56 Å². The lowest BCUT2D eigenvalue weighted by atomic mass is 10.1. The van der Waals surface area contributed by atoms with Gasteiger partial charge in [-0.1, -0.05) is 11.6 Å². The summed E-state index contributed by atoms with van der Waals surface area (Å²) in [6, 6.07) is 7.28. The zero-order chi connectivity index (χ0) is 12.0. The normalized spacial score (nSPS) is 11.2. The summed E-state index contributed by atoms with van der Waals surface area (Å²) in [5.41, 5.74) is 1.93. The monoisotopic (exact) mass is 289 g/mol. The molecule has 3 nitrogen and oxygen atoms in total. The molecule has 0 bridgehead atoms. The van der Waals surface area contributed by atoms with E-state index in [1.165, 1.54) is 0 Å². The fourth-order valence-corrected chi connectivity index (χ4v) is 2.16. The number of aryl methyl sites for hydroxylation is 1. The highest BCUT2D eigenvalue weighted by molar-refractivity contribution is 9.10. The first-order valence-corrected chi connectivity index (χ1v) is 5.93. The van der Waals surface area contributed by atoms with Gasteiger partial charge in [0, 0.05) is 10.7 Å². The summed E-state index contributed by atoms with van der Waals surface area (Å²) in [5.74, 6) is 0. The van der Waals surface area contributed by atoms with Crippen LogP contribution in [-0.2, 0) is 0 Å². The third-order valence-corrected chi connectivity index (χ3v) is 3.08. The predicted octanol–water partition coefficient (Wildman–Crippen LogP) is 3.41. The number of halogens is 1. The average molecular weight is 290 g/mol. The van der Waals surface area contributed by atoms with E-state index in [0.29, 0.717) is 22.1 Å². The van der Waals surface area contributed by atoms with E-state index in [1.54, 1.807) is 18.3 Å². The Morgan fingerprint density at radius 3 is 2.88 bits per heavy atom. The van der Waals surface area contributed by atoms with Crippen LogP contribution < -0.4 is 5.43 Å². The van der Waals surface area contributed by atoms with Gasteiger partial charge in [-0.2, -0.15) is 0 Å². The Hall–Kier alpha value is -1.68. The Bertz CT molecular complexity index is 729. The van der Waals surface area contributed by atoms with E-state index in [4.69, 9.17) is 4.42 Å². The highest BCUT2D eigenvalue weighted by atomic mass is 79.9. The van der Waals surface area contributed by atoms with Crippen molar-refractivity contribution in [3.63, 3.8) is 0 Å². The van der Waals surface area contributed by atoms with Crippen LogP contribution in [-0.4, -0.2) is 4.98 Å². The van der Waals surface area contributed by atoms with Gasteiger partial charge in [0.2, 0.25) is 11.1 Å². The summed E-state index contributed by atoms with van der Waals surface area (Å²) < 4.78 is 6.37. The summed E-state index contributed by atoms with van der Waals surface area (Å²) in [6.07, 6.45) is 1.62. The molecule has 0 atom stereocenters. The van der Waals surface area contributed by atoms with E-state index < -0.39 is 0 Å². The molecule has 0 saturated carbocycles. The van der Waals surface area contributed by atoms with E-state index in [0.717, 1.165) is 10.0 Å². The first-order valence-electron chi connectivity index (χ1n) is 5.14. The molecular weight excluding hydrogens is 282 g/mol. The van der Waals surface area contributed by atoms with Gasteiger partial charge in [0.25, 0.3) is 0 Å². The first-order chi connectivity index (χ1) is 8.15. The first kappa shape index (κ1) is 10.5. The smallest absolute Gasteiger partial charge is 0.230 e. The van der Waals surface area contributed by atoms with E-state index in [1.807, 2.05) is 19.1 Å². The Kier molecular flexibility index (Phi) is 2.26. The lowest BCUT2D eigenvalue weighted by Gasteiger charge is -2.01. The number of aromatic nitrogens is 1. The van der Waals surface area contributed by atoms with Crippen LogP contribution in [0.15, 0.2) is 44.1 Å². The SMILES string of the molecule is Cc1ccc2oc3ncc(Br)cc3c(=O)c2c1. The molecule has 0 aliphatic carbocycles. The fourth-order valence-electron chi connectivity index (χ4n) is 1.83. The van der Waals surface area contributed by atoms with E-state index in [-0.39, 0.29) is 5.43 Å². The minimum Gasteiger partial charge on any atom is -0.437 e. The van der Waals surface area contributed by atoms with Crippen molar-refractivity contribution in [1.82, 2.24) is 4.98 Å². The predicted molar refractivity (Wildman–Crippen MR) is 70.2 cm³/mol. The molecule has 2 heterocycles. The van der Waals surface area contributed by atoms with Gasteiger partial charge in [0.1, 0.15) is 5.58 Å². The average Bonchev–Trinajstić information content (AvgIpc) is 2.32. The summed E-state index contributed by atoms with van der Waals surface area (Å²) >= 11 is 3.30. The van der Waals surface area contributed by atoms with Crippen molar-refractivity contribution in [2.45, 2.75) is 6.92 Å². The number of pyridine rings is 1. The maximum atomic E-state index is 12.3. The zero-order valence-electron chi connectivity index (χ0n) is 9.03. The third kappa shape index (κ3) is 1.65. The molecule has 1 aromatic carbocycles. The van der Waals surface area contributed by atoms with Crippen molar-refractivity contribution in [2.75, 3.05) is 0 Å². The lowest BCUT2D eigenvalue weighted by molar-refractivity contribution is 0.644. The molecule has 0 amide bonds. The maximum Gasteiger partial charge on any atom is 0.230 e. The van der Waals surface area contributed by atoms with E-state index in [2.05, 4.69) is 20.9 Å². The number of hydrogen-bond acceptors (Lipinski definition) is 3. The molecule has 3 aromatic rings. The summed E-state index contributed by atoms with van der Waals surface area (Å²) in [7, 11) is 0. The van der Waals surface area contributed by atoms with Crippen LogP contribution in [0.3, 0.4) is 0 Å². The van der Waals surface area contributed by atoms with Crippen molar-refractivity contribution < 1.29 is 4.42 Å². The quantitative estimate of drug-likeness (QED) is 0.596. The molecule has 0 aliphatic heterocycles. The largest absolute Gasteiger partial charge is 0.437 e. The standard InChI is InChI=1S/C13H8BrNO2/c1-7-2-3-11-9(4-7)12(16)10-5-8(14)6-15-13(10)17-11/h2-6H,1H3. The van der Waals surface area contributed by atoms with Crippen LogP contribution in [0.4, 0.5) is 0 Å². The molecule has 3 rings (SSSR count). The van der Waals surface area contributed by atoms with Gasteiger partial charge >= 0.3 is 0 Å². The molecule has 4 heteroatoms. The second-order valence-corrected chi connectivity index (χ2v) is 4.85. The molecule has 84 valence electrons. The second kappa shape index (κ2) is 3.67. The lowest BCUT2D eigenvalue weighted by Crippen LogP contribution is -2.03. The molecule has 0 N–H and O–H groups in total. The van der Waals surface area contributed by atoms with Gasteiger partial charge in [-0.05, 0) is 41.1 Å². The van der Waals surface area contributed by atoms with Crippen molar-refractivity contribution in [1.29, 1.82) is 0 Å². The van der Waals surface area contributed by atoms with Crippen LogP contribution in [0, 0.1) is 6.92 Å². The van der Waals surface area contributed by atoms with Gasteiger partial charge in [-0.3, -0.25) is 4.79 Å². The van der Waals surface area contributed by atoms with Gasteiger partial charge < -0.3 is 4.42 Å². The van der Waals surface area contributed by atoms with Crippen LogP contribution in [0.25, 0.3) is 22.1 Å². The minimum atomic E-state index is -0.0428. The molecule has 2 aromatic heterocycles. The fraction of sp³-hybridized carbons (Fsp3) is 0.0769. The van der Waals surface area contributed by atoms with Crippen LogP contribution in [0.2, 0.25) is 0 Å². The molecule has 0 fully saturated rings. The van der Waals surface area contributed by atoms with Gasteiger partial charge in [-0.25, -0.2) is 4.98 Å². The van der Waals surface area contributed by atoms with E-state index in [9.17, 15) is 4.79 Å². The molecule has 0 saturated heterocycles. The molecule has 0 spiro atoms. The zero-order valence-corrected chi connectivity index (χ0v) is 10.6. The van der Waals surface area contributed by atoms with Gasteiger partial charge in [0.15, 0.2) is 0 Å². The molecule has 0 radical (unpaired) electrons. The van der Waals surface area contributed by atoms with Crippen LogP contribution in [0.5, 0.6) is 0 Å². The van der Waals surface area contributed by atoms with Crippen LogP contribution >= 0.6 is 15.9 Å². The van der Waals surface area contributed by atoms with Crippen molar-refractivity contribution in [2.24, 2.45) is 0 Å². The maximum absolute atomic E-state index is 12.3. The highest BCUT2D eigenvalue weighted by Crippen LogP contribution is 2.20. The summed E-state index contributed by atoms with van der Waals surface area (Å²) in [5, 5.41) is 1.09. The summed E-state index contributed by atoms with van der Waals surface area (Å²) in [4.78, 5) is 16.4. The molecule has 0 aliphatic rings. The minimum absolute atomic E-state index is 0.0428. The van der Waals surface area contributed by atoms with E-state index >= 15 is 0 Å². The topological polar surface area (TPSA) is 43.1 Å². The summed E-state index contributed by atoms with van der Waals surface area (Å²) in [6.45, 7) is 1.95. The highest BCUT2D eigenvalue weighted by Gasteiger charge is 2.08. The van der Waals surface area contributed by atoms with Crippen molar-refractivity contribution in [3.8, 4) is 0 Å². The third-order valence-electron chi connectivity index (χ3n) is 2.65. The number of hydrogen-bond donors (Lipinski definition) is 0. The molecule has 0 unspecified atom stereocenters. The Morgan fingerprint density at radius 1 is 1.24 bits per heavy atom. The number of rotatable bonds is 0. The molecular formula is C13H8BrNO2. The Balaban J connectivity index is 2.58. The number of nitrogens with zero attached hydrogens (tertiary/aromatic N) is 1. The van der Waals surface area contributed by atoms with Crippen molar-refractivity contribution >= 4 is 38.0 Å². The molecule has 17 heavy (non-hydrogen) atoms. The number of benzene rings is 1. The van der Waals surface area contributed by atoms with Gasteiger partial charge in [0.05, 0.1) is 10.8 Å². The number of fused-ring (bicyclic) bond motifs is 2. The van der Waals surface area contributed by atoms with Crippen molar-refractivity contribution in [3.05, 3.63) is 50.7 Å². The Labute approximate surface area is 105 Å². The Morgan fingerprint density at radius 2 is 2.06 bits per heavy atom. The second-order valence-electron chi connectivity index (χ2n) is 3.94.